The summed E-state index contributed by atoms with van der Waals surface area (Å²) in [5.74, 6) is -0.209. The molecule has 0 aliphatic carbocycles. The van der Waals surface area contributed by atoms with E-state index < -0.39 is 0 Å². The minimum Gasteiger partial charge on any atom is -0.378 e. The molecule has 0 bridgehead atoms. The van der Waals surface area contributed by atoms with Gasteiger partial charge in [-0.25, -0.2) is 4.39 Å². The van der Waals surface area contributed by atoms with Gasteiger partial charge < -0.3 is 14.2 Å². The largest absolute Gasteiger partial charge is 0.378 e. The number of carbonyl (C=O) groups excluding carboxylic acids is 2. The summed E-state index contributed by atoms with van der Waals surface area (Å²) in [6.07, 6.45) is 0. The second kappa shape index (κ2) is 8.11. The first-order chi connectivity index (χ1) is 12.0. The second-order valence-corrected chi connectivity index (χ2v) is 7.54. The van der Waals surface area contributed by atoms with Crippen molar-refractivity contribution in [3.8, 4) is 0 Å². The number of halogens is 1. The zero-order chi connectivity index (χ0) is 17.8. The summed E-state index contributed by atoms with van der Waals surface area (Å²) >= 11 is 2.52. The van der Waals surface area contributed by atoms with Crippen molar-refractivity contribution in [2.24, 2.45) is 12.0 Å². The number of nitrogens with zero attached hydrogens (tertiary/aromatic N) is 3. The van der Waals surface area contributed by atoms with Crippen LogP contribution in [-0.4, -0.2) is 59.1 Å². The average molecular weight is 383 g/mol. The number of thioether (sulfide) groups is 1. The number of fused-ring (bicyclic) bond motifs is 1. The number of thiazole rings is 1. The fraction of sp³-hybridized carbons (Fsp3) is 0.438. The Labute approximate surface area is 152 Å². The number of hydrogen-bond acceptors (Lipinski definition) is 5. The number of ether oxygens (including phenoxy) is 1. The van der Waals surface area contributed by atoms with Crippen LogP contribution < -0.4 is 4.80 Å². The second-order valence-electron chi connectivity index (χ2n) is 5.55. The van der Waals surface area contributed by atoms with E-state index in [1.54, 1.807) is 22.6 Å². The molecule has 3 rings (SSSR count). The highest BCUT2D eigenvalue weighted by Crippen LogP contribution is 2.17. The number of hydrogen-bond donors (Lipinski definition) is 0. The van der Waals surface area contributed by atoms with E-state index in [9.17, 15) is 14.0 Å². The van der Waals surface area contributed by atoms with Crippen LogP contribution in [0.4, 0.5) is 4.39 Å². The lowest BCUT2D eigenvalue weighted by atomic mass is 10.3. The van der Waals surface area contributed by atoms with Crippen LogP contribution in [0, 0.1) is 5.82 Å². The molecule has 1 aromatic heterocycles. The molecular formula is C16H18FN3O3S2. The van der Waals surface area contributed by atoms with Gasteiger partial charge in [-0.15, -0.1) is 11.8 Å². The van der Waals surface area contributed by atoms with Crippen LogP contribution in [0.5, 0.6) is 0 Å². The molecule has 1 fully saturated rings. The Kier molecular flexibility index (Phi) is 5.87. The van der Waals surface area contributed by atoms with Crippen LogP contribution in [0.15, 0.2) is 23.2 Å². The monoisotopic (exact) mass is 383 g/mol. The van der Waals surface area contributed by atoms with E-state index in [0.717, 1.165) is 10.2 Å². The van der Waals surface area contributed by atoms with Crippen LogP contribution >= 0.6 is 23.1 Å². The zero-order valence-electron chi connectivity index (χ0n) is 13.7. The van der Waals surface area contributed by atoms with Gasteiger partial charge in [-0.2, -0.15) is 4.99 Å². The van der Waals surface area contributed by atoms with E-state index in [2.05, 4.69) is 4.99 Å². The van der Waals surface area contributed by atoms with Crippen molar-refractivity contribution in [2.75, 3.05) is 37.8 Å². The molecule has 1 aliphatic rings. The fourth-order valence-electron chi connectivity index (χ4n) is 2.48. The summed E-state index contributed by atoms with van der Waals surface area (Å²) in [7, 11) is 1.79. The molecule has 1 aromatic carbocycles. The normalized spacial score (nSPS) is 15.8. The Balaban J connectivity index is 1.59. The van der Waals surface area contributed by atoms with Crippen LogP contribution in [-0.2, 0) is 21.4 Å². The van der Waals surface area contributed by atoms with E-state index in [1.807, 2.05) is 0 Å². The SMILES string of the molecule is Cn1c(=NC(=O)CSCC(=O)N2CCOCC2)sc2cc(F)ccc21. The maximum atomic E-state index is 13.3. The van der Waals surface area contributed by atoms with Gasteiger partial charge in [0.2, 0.25) is 5.91 Å². The van der Waals surface area contributed by atoms with Gasteiger partial charge in [-0.3, -0.25) is 9.59 Å². The topological polar surface area (TPSA) is 63.9 Å². The molecule has 0 spiro atoms. The van der Waals surface area contributed by atoms with Crippen molar-refractivity contribution in [3.05, 3.63) is 28.8 Å². The van der Waals surface area contributed by atoms with Gasteiger partial charge in [0, 0.05) is 20.1 Å². The first-order valence-corrected chi connectivity index (χ1v) is 9.77. The van der Waals surface area contributed by atoms with Crippen molar-refractivity contribution in [1.29, 1.82) is 0 Å². The third kappa shape index (κ3) is 4.47. The van der Waals surface area contributed by atoms with E-state index in [0.29, 0.717) is 31.1 Å². The molecular weight excluding hydrogens is 365 g/mol. The van der Waals surface area contributed by atoms with Crippen LogP contribution in [0.1, 0.15) is 0 Å². The number of rotatable bonds is 4. The molecule has 9 heteroatoms. The van der Waals surface area contributed by atoms with Gasteiger partial charge in [0.05, 0.1) is 34.9 Å². The predicted molar refractivity (Wildman–Crippen MR) is 96.0 cm³/mol. The number of morpholine rings is 1. The highest BCUT2D eigenvalue weighted by atomic mass is 32.2. The number of carbonyl (C=O) groups is 2. The van der Waals surface area contributed by atoms with E-state index in [4.69, 9.17) is 4.74 Å². The Bertz CT molecular complexity index is 856. The molecule has 0 unspecified atom stereocenters. The fourth-order valence-corrected chi connectivity index (χ4v) is 4.24. The summed E-state index contributed by atoms with van der Waals surface area (Å²) in [5, 5.41) is 0. The molecule has 0 saturated carbocycles. The van der Waals surface area contributed by atoms with Crippen LogP contribution in [0.3, 0.4) is 0 Å². The van der Waals surface area contributed by atoms with Gasteiger partial charge in [0.15, 0.2) is 4.80 Å². The molecule has 0 atom stereocenters. The Hall–Kier alpha value is -1.71. The smallest absolute Gasteiger partial charge is 0.258 e. The molecule has 6 nitrogen and oxygen atoms in total. The maximum Gasteiger partial charge on any atom is 0.258 e. The third-order valence-electron chi connectivity index (χ3n) is 3.81. The Morgan fingerprint density at radius 1 is 1.32 bits per heavy atom. The molecule has 134 valence electrons. The van der Waals surface area contributed by atoms with Gasteiger partial charge in [0.25, 0.3) is 5.91 Å². The number of amides is 2. The Morgan fingerprint density at radius 3 is 2.84 bits per heavy atom. The minimum absolute atomic E-state index is 0.0176. The first-order valence-electron chi connectivity index (χ1n) is 7.80. The van der Waals surface area contributed by atoms with Crippen molar-refractivity contribution >= 4 is 45.1 Å². The number of aromatic nitrogens is 1. The van der Waals surface area contributed by atoms with Crippen molar-refractivity contribution in [2.45, 2.75) is 0 Å². The number of aryl methyl sites for hydroxylation is 1. The third-order valence-corrected chi connectivity index (χ3v) is 5.80. The van der Waals surface area contributed by atoms with Gasteiger partial charge in [-0.1, -0.05) is 11.3 Å². The molecule has 2 amide bonds. The maximum absolute atomic E-state index is 13.3. The highest BCUT2D eigenvalue weighted by Gasteiger charge is 2.17. The van der Waals surface area contributed by atoms with E-state index >= 15 is 0 Å². The highest BCUT2D eigenvalue weighted by molar-refractivity contribution is 8.00. The molecule has 1 saturated heterocycles. The summed E-state index contributed by atoms with van der Waals surface area (Å²) in [5.41, 5.74) is 0.827. The quantitative estimate of drug-likeness (QED) is 0.801. The number of benzene rings is 1. The molecule has 0 N–H and O–H groups in total. The summed E-state index contributed by atoms with van der Waals surface area (Å²) in [4.78, 5) is 30.4. The summed E-state index contributed by atoms with van der Waals surface area (Å²) < 4.78 is 21.0. The molecule has 25 heavy (non-hydrogen) atoms. The molecule has 1 aliphatic heterocycles. The summed E-state index contributed by atoms with van der Waals surface area (Å²) in [6.45, 7) is 2.33. The Morgan fingerprint density at radius 2 is 2.08 bits per heavy atom. The zero-order valence-corrected chi connectivity index (χ0v) is 15.4. The van der Waals surface area contributed by atoms with Crippen LogP contribution in [0.25, 0.3) is 10.2 Å². The van der Waals surface area contributed by atoms with Crippen molar-refractivity contribution in [1.82, 2.24) is 9.47 Å². The van der Waals surface area contributed by atoms with Gasteiger partial charge >= 0.3 is 0 Å². The van der Waals surface area contributed by atoms with E-state index in [-0.39, 0.29) is 29.1 Å². The lowest BCUT2D eigenvalue weighted by molar-refractivity contribution is -0.132. The van der Waals surface area contributed by atoms with Crippen molar-refractivity contribution in [3.63, 3.8) is 0 Å². The lowest BCUT2D eigenvalue weighted by Gasteiger charge is -2.26. The molecule has 2 aromatic rings. The minimum atomic E-state index is -0.315. The predicted octanol–water partition coefficient (Wildman–Crippen LogP) is 1.40. The molecule has 0 radical (unpaired) electrons. The first kappa shape index (κ1) is 18.1. The average Bonchev–Trinajstić information content (AvgIpc) is 2.90. The van der Waals surface area contributed by atoms with Crippen molar-refractivity contribution < 1.29 is 18.7 Å². The standard InChI is InChI=1S/C16H18FN3O3S2/c1-19-12-3-2-11(17)8-13(12)25-16(19)18-14(21)9-24-10-15(22)20-4-6-23-7-5-20/h2-3,8H,4-7,9-10H2,1H3. The van der Waals surface area contributed by atoms with Crippen LogP contribution in [0.2, 0.25) is 0 Å². The van der Waals surface area contributed by atoms with Gasteiger partial charge in [-0.05, 0) is 18.2 Å². The van der Waals surface area contributed by atoms with E-state index in [1.165, 1.54) is 35.2 Å². The van der Waals surface area contributed by atoms with Gasteiger partial charge in [0.1, 0.15) is 5.82 Å². The molecule has 2 heterocycles. The summed E-state index contributed by atoms with van der Waals surface area (Å²) in [6, 6.07) is 4.48. The lowest BCUT2D eigenvalue weighted by Crippen LogP contribution is -2.41.